The van der Waals surface area contributed by atoms with E-state index in [9.17, 15) is 0 Å². The lowest BCUT2D eigenvalue weighted by atomic mass is 10.3. The number of nitrogens with one attached hydrogen (secondary N) is 2. The minimum atomic E-state index is 0.838. The lowest BCUT2D eigenvalue weighted by Crippen LogP contribution is -2.38. The Hall–Kier alpha value is -0.420. The van der Waals surface area contributed by atoms with Crippen LogP contribution in [0.1, 0.15) is 39.0 Å². The fourth-order valence-electron chi connectivity index (χ4n) is 1.81. The molecule has 0 spiro atoms. The molecule has 0 unspecified atom stereocenters. The molecule has 0 radical (unpaired) electrons. The first-order valence-electron chi connectivity index (χ1n) is 7.95. The Morgan fingerprint density at radius 3 is 2.80 bits per heavy atom. The largest absolute Gasteiger partial charge is 0.381 e. The molecule has 0 atom stereocenters. The Labute approximate surface area is 128 Å². The van der Waals surface area contributed by atoms with Gasteiger partial charge in [-0.25, -0.2) is 0 Å². The Morgan fingerprint density at radius 1 is 1.25 bits per heavy atom. The Morgan fingerprint density at radius 2 is 2.10 bits per heavy atom. The normalized spacial score (nSPS) is 15.4. The van der Waals surface area contributed by atoms with Crippen LogP contribution in [0.25, 0.3) is 0 Å². The molecule has 0 aromatic rings. The van der Waals surface area contributed by atoms with Gasteiger partial charge in [0, 0.05) is 32.8 Å². The fraction of sp³-hybridized carbons (Fsp3) is 0.933. The van der Waals surface area contributed by atoms with Crippen molar-refractivity contribution in [2.45, 2.75) is 39.0 Å². The summed E-state index contributed by atoms with van der Waals surface area (Å²) < 4.78 is 5.61. The molecular formula is C15H31N3OS. The van der Waals surface area contributed by atoms with Gasteiger partial charge in [-0.15, -0.1) is 0 Å². The summed E-state index contributed by atoms with van der Waals surface area (Å²) >= 11 is 1.91. The van der Waals surface area contributed by atoms with Gasteiger partial charge >= 0.3 is 0 Å². The average molecular weight is 301 g/mol. The third-order valence-corrected chi connectivity index (χ3v) is 3.88. The second-order valence-electron chi connectivity index (χ2n) is 5.26. The zero-order chi connectivity index (χ0) is 14.5. The number of rotatable bonds is 12. The number of aliphatic imine (C=N–C) groups is 1. The van der Waals surface area contributed by atoms with Gasteiger partial charge in [0.05, 0.1) is 0 Å². The summed E-state index contributed by atoms with van der Waals surface area (Å²) in [4.78, 5) is 4.57. The van der Waals surface area contributed by atoms with E-state index in [0.717, 1.165) is 51.1 Å². The fourth-order valence-corrected chi connectivity index (χ4v) is 2.30. The van der Waals surface area contributed by atoms with Crippen LogP contribution in [0.5, 0.6) is 0 Å². The highest BCUT2D eigenvalue weighted by molar-refractivity contribution is 7.98. The van der Waals surface area contributed by atoms with Crippen LogP contribution in [0.2, 0.25) is 0 Å². The molecule has 118 valence electrons. The molecule has 2 N–H and O–H groups in total. The maximum Gasteiger partial charge on any atom is 0.191 e. The van der Waals surface area contributed by atoms with Crippen molar-refractivity contribution in [3.8, 4) is 0 Å². The number of ether oxygens (including phenoxy) is 1. The van der Waals surface area contributed by atoms with Gasteiger partial charge in [-0.2, -0.15) is 11.8 Å². The van der Waals surface area contributed by atoms with Gasteiger partial charge in [-0.05, 0) is 57.0 Å². The van der Waals surface area contributed by atoms with Crippen LogP contribution in [0.3, 0.4) is 0 Å². The summed E-state index contributed by atoms with van der Waals surface area (Å²) in [6, 6.07) is 0. The van der Waals surface area contributed by atoms with Crippen molar-refractivity contribution < 1.29 is 4.74 Å². The number of nitrogens with zero attached hydrogens (tertiary/aromatic N) is 1. The predicted octanol–water partition coefficient (Wildman–Crippen LogP) is 2.50. The third kappa shape index (κ3) is 10.4. The first-order chi connectivity index (χ1) is 9.86. The second kappa shape index (κ2) is 12.3. The van der Waals surface area contributed by atoms with Crippen molar-refractivity contribution in [2.75, 3.05) is 44.9 Å². The van der Waals surface area contributed by atoms with Crippen molar-refractivity contribution in [3.05, 3.63) is 0 Å². The summed E-state index contributed by atoms with van der Waals surface area (Å²) in [5.74, 6) is 3.05. The summed E-state index contributed by atoms with van der Waals surface area (Å²) in [7, 11) is 0. The SMILES string of the molecule is CCNC(=NCCCOCC1CC1)NCCCCSC. The van der Waals surface area contributed by atoms with Crippen molar-refractivity contribution in [2.24, 2.45) is 10.9 Å². The predicted molar refractivity (Wildman–Crippen MR) is 89.8 cm³/mol. The summed E-state index contributed by atoms with van der Waals surface area (Å²) in [5, 5.41) is 6.67. The highest BCUT2D eigenvalue weighted by Gasteiger charge is 2.20. The van der Waals surface area contributed by atoms with E-state index in [1.165, 1.54) is 31.4 Å². The van der Waals surface area contributed by atoms with E-state index in [4.69, 9.17) is 4.74 Å². The van der Waals surface area contributed by atoms with Crippen LogP contribution in [0, 0.1) is 5.92 Å². The lowest BCUT2D eigenvalue weighted by molar-refractivity contribution is 0.123. The highest BCUT2D eigenvalue weighted by atomic mass is 32.2. The van der Waals surface area contributed by atoms with Crippen molar-refractivity contribution in [3.63, 3.8) is 0 Å². The zero-order valence-corrected chi connectivity index (χ0v) is 13.9. The quantitative estimate of drug-likeness (QED) is 0.330. The molecular weight excluding hydrogens is 270 g/mol. The molecule has 0 aromatic heterocycles. The maximum atomic E-state index is 5.61. The Kier molecular flexibility index (Phi) is 10.9. The summed E-state index contributed by atoms with van der Waals surface area (Å²) in [5.41, 5.74) is 0. The minimum Gasteiger partial charge on any atom is -0.381 e. The standard InChI is InChI=1S/C15H31N3OS/c1-3-16-15(17-9-4-5-12-20-2)18-10-6-11-19-13-14-7-8-14/h14H,3-13H2,1-2H3,(H2,16,17,18). The van der Waals surface area contributed by atoms with E-state index in [1.54, 1.807) is 0 Å². The van der Waals surface area contributed by atoms with Crippen LogP contribution in [-0.2, 0) is 4.74 Å². The van der Waals surface area contributed by atoms with Gasteiger partial charge in [0.1, 0.15) is 0 Å². The molecule has 5 heteroatoms. The van der Waals surface area contributed by atoms with Gasteiger partial charge in [0.15, 0.2) is 5.96 Å². The number of thioether (sulfide) groups is 1. The van der Waals surface area contributed by atoms with Crippen molar-refractivity contribution in [1.82, 2.24) is 10.6 Å². The van der Waals surface area contributed by atoms with Gasteiger partial charge in [0.2, 0.25) is 0 Å². The molecule has 20 heavy (non-hydrogen) atoms. The van der Waals surface area contributed by atoms with E-state index >= 15 is 0 Å². The molecule has 0 amide bonds. The molecule has 1 fully saturated rings. The van der Waals surface area contributed by atoms with Gasteiger partial charge in [-0.3, -0.25) is 4.99 Å². The molecule has 1 aliphatic rings. The summed E-state index contributed by atoms with van der Waals surface area (Å²) in [6.45, 7) is 6.65. The molecule has 0 aromatic carbocycles. The average Bonchev–Trinajstić information content (AvgIpc) is 3.26. The minimum absolute atomic E-state index is 0.838. The summed E-state index contributed by atoms with van der Waals surface area (Å²) in [6.07, 6.45) is 8.37. The van der Waals surface area contributed by atoms with Crippen LogP contribution >= 0.6 is 11.8 Å². The topological polar surface area (TPSA) is 45.7 Å². The second-order valence-corrected chi connectivity index (χ2v) is 6.24. The van der Waals surface area contributed by atoms with Gasteiger partial charge < -0.3 is 15.4 Å². The van der Waals surface area contributed by atoms with Gasteiger partial charge in [0.25, 0.3) is 0 Å². The Balaban J connectivity index is 2.00. The van der Waals surface area contributed by atoms with Crippen LogP contribution < -0.4 is 10.6 Å². The molecule has 1 rings (SSSR count). The van der Waals surface area contributed by atoms with Crippen LogP contribution in [-0.4, -0.2) is 50.8 Å². The van der Waals surface area contributed by atoms with Gasteiger partial charge in [-0.1, -0.05) is 0 Å². The van der Waals surface area contributed by atoms with Crippen LogP contribution in [0.4, 0.5) is 0 Å². The first kappa shape index (κ1) is 17.6. The number of guanidine groups is 1. The monoisotopic (exact) mass is 301 g/mol. The number of hydrogen-bond acceptors (Lipinski definition) is 3. The first-order valence-corrected chi connectivity index (χ1v) is 9.35. The Bertz CT molecular complexity index is 258. The van der Waals surface area contributed by atoms with Crippen molar-refractivity contribution in [1.29, 1.82) is 0 Å². The number of unbranched alkanes of at least 4 members (excludes halogenated alkanes) is 1. The molecule has 0 heterocycles. The molecule has 0 aliphatic heterocycles. The molecule has 1 saturated carbocycles. The smallest absolute Gasteiger partial charge is 0.191 e. The third-order valence-electron chi connectivity index (χ3n) is 3.18. The van der Waals surface area contributed by atoms with E-state index in [2.05, 4.69) is 28.8 Å². The molecule has 0 saturated heterocycles. The number of hydrogen-bond donors (Lipinski definition) is 2. The lowest BCUT2D eigenvalue weighted by Gasteiger charge is -2.11. The zero-order valence-electron chi connectivity index (χ0n) is 13.1. The van der Waals surface area contributed by atoms with E-state index in [0.29, 0.717) is 0 Å². The van der Waals surface area contributed by atoms with E-state index in [-0.39, 0.29) is 0 Å². The maximum absolute atomic E-state index is 5.61. The van der Waals surface area contributed by atoms with E-state index < -0.39 is 0 Å². The molecule has 1 aliphatic carbocycles. The highest BCUT2D eigenvalue weighted by Crippen LogP contribution is 2.28. The molecule has 0 bridgehead atoms. The van der Waals surface area contributed by atoms with Crippen LogP contribution in [0.15, 0.2) is 4.99 Å². The molecule has 4 nitrogen and oxygen atoms in total. The van der Waals surface area contributed by atoms with E-state index in [1.807, 2.05) is 11.8 Å². The van der Waals surface area contributed by atoms with Crippen molar-refractivity contribution >= 4 is 17.7 Å².